The molecule has 0 aromatic heterocycles. The number of nitrogens with two attached hydrogens (primary N) is 1. The number of rotatable bonds is 5. The number of halogens is 1. The van der Waals surface area contributed by atoms with Crippen LogP contribution in [0, 0.1) is 5.92 Å². The summed E-state index contributed by atoms with van der Waals surface area (Å²) < 4.78 is 6.08. The number of hydrogen-bond donors (Lipinski definition) is 3. The molecule has 132 valence electrons. The van der Waals surface area contributed by atoms with E-state index >= 15 is 0 Å². The van der Waals surface area contributed by atoms with Crippen molar-refractivity contribution in [2.45, 2.75) is 51.7 Å². The van der Waals surface area contributed by atoms with Crippen molar-refractivity contribution in [3.63, 3.8) is 0 Å². The molecule has 1 aliphatic carbocycles. The second-order valence-electron chi connectivity index (χ2n) is 7.10. The van der Waals surface area contributed by atoms with Crippen LogP contribution in [0.15, 0.2) is 22.7 Å². The first-order chi connectivity index (χ1) is 11.1. The Bertz CT molecular complexity index is 624. The molecule has 1 aromatic carbocycles. The molecule has 2 amide bonds. The van der Waals surface area contributed by atoms with Gasteiger partial charge in [0, 0.05) is 4.47 Å². The fourth-order valence-electron chi connectivity index (χ4n) is 2.24. The summed E-state index contributed by atoms with van der Waals surface area (Å²) in [4.78, 5) is 24.6. The van der Waals surface area contributed by atoms with Crippen molar-refractivity contribution in [3.05, 3.63) is 22.7 Å². The van der Waals surface area contributed by atoms with E-state index in [1.54, 1.807) is 39.0 Å². The zero-order valence-electron chi connectivity index (χ0n) is 14.2. The van der Waals surface area contributed by atoms with E-state index in [9.17, 15) is 9.59 Å². The maximum Gasteiger partial charge on any atom is 0.408 e. The summed E-state index contributed by atoms with van der Waals surface area (Å²) in [6.07, 6.45) is 2.18. The third-order valence-corrected chi connectivity index (χ3v) is 4.04. The van der Waals surface area contributed by atoms with Gasteiger partial charge in [0.2, 0.25) is 5.91 Å². The molecule has 24 heavy (non-hydrogen) atoms. The third kappa shape index (κ3) is 6.03. The largest absolute Gasteiger partial charge is 0.444 e. The van der Waals surface area contributed by atoms with Crippen LogP contribution in [0.5, 0.6) is 0 Å². The van der Waals surface area contributed by atoms with Gasteiger partial charge in [-0.05, 0) is 51.3 Å². The Morgan fingerprint density at radius 2 is 2.04 bits per heavy atom. The van der Waals surface area contributed by atoms with Gasteiger partial charge in [0.15, 0.2) is 0 Å². The molecule has 0 heterocycles. The van der Waals surface area contributed by atoms with E-state index in [4.69, 9.17) is 10.5 Å². The molecule has 0 spiro atoms. The number of anilines is 2. The lowest BCUT2D eigenvalue weighted by molar-refractivity contribution is -0.118. The summed E-state index contributed by atoms with van der Waals surface area (Å²) in [5, 5.41) is 5.46. The first-order valence-corrected chi connectivity index (χ1v) is 8.79. The van der Waals surface area contributed by atoms with Crippen LogP contribution in [-0.4, -0.2) is 23.6 Å². The Kier molecular flexibility index (Phi) is 5.74. The number of alkyl carbamates (subject to hydrolysis) is 1. The molecule has 6 nitrogen and oxygen atoms in total. The Labute approximate surface area is 150 Å². The molecule has 1 fully saturated rings. The van der Waals surface area contributed by atoms with Crippen molar-refractivity contribution in [1.82, 2.24) is 5.32 Å². The summed E-state index contributed by atoms with van der Waals surface area (Å²) in [6, 6.07) is 4.59. The van der Waals surface area contributed by atoms with Gasteiger partial charge in [-0.15, -0.1) is 0 Å². The van der Waals surface area contributed by atoms with Crippen molar-refractivity contribution in [3.8, 4) is 0 Å². The molecule has 0 saturated heterocycles. The van der Waals surface area contributed by atoms with Crippen LogP contribution in [-0.2, 0) is 9.53 Å². The number of benzene rings is 1. The van der Waals surface area contributed by atoms with Gasteiger partial charge in [0.05, 0.1) is 11.4 Å². The second-order valence-corrected chi connectivity index (χ2v) is 8.01. The molecule has 4 N–H and O–H groups in total. The molecule has 7 heteroatoms. The molecule has 1 atom stereocenters. The van der Waals surface area contributed by atoms with Crippen LogP contribution in [0.4, 0.5) is 16.2 Å². The smallest absolute Gasteiger partial charge is 0.408 e. The minimum absolute atomic E-state index is 0.290. The van der Waals surface area contributed by atoms with E-state index in [0.717, 1.165) is 17.3 Å². The summed E-state index contributed by atoms with van der Waals surface area (Å²) in [5.41, 5.74) is 6.28. The predicted octanol–water partition coefficient (Wildman–Crippen LogP) is 3.66. The van der Waals surface area contributed by atoms with E-state index in [1.165, 1.54) is 0 Å². The minimum Gasteiger partial charge on any atom is -0.444 e. The monoisotopic (exact) mass is 397 g/mol. The number of ether oxygens (including phenoxy) is 1. The topological polar surface area (TPSA) is 93.4 Å². The third-order valence-electron chi connectivity index (χ3n) is 3.54. The summed E-state index contributed by atoms with van der Waals surface area (Å²) >= 11 is 3.33. The molecule has 1 unspecified atom stereocenters. The van der Waals surface area contributed by atoms with E-state index < -0.39 is 17.7 Å². The van der Waals surface area contributed by atoms with Gasteiger partial charge in [0.1, 0.15) is 11.6 Å². The van der Waals surface area contributed by atoms with Gasteiger partial charge in [-0.3, -0.25) is 4.79 Å². The Balaban J connectivity index is 2.03. The molecule has 2 rings (SSSR count). The highest BCUT2D eigenvalue weighted by Crippen LogP contribution is 2.34. The number of carbonyl (C=O) groups excluding carboxylic acids is 2. The highest BCUT2D eigenvalue weighted by Gasteiger charge is 2.31. The fourth-order valence-corrected chi connectivity index (χ4v) is 2.61. The quantitative estimate of drug-likeness (QED) is 0.660. The van der Waals surface area contributed by atoms with Crippen LogP contribution < -0.4 is 16.4 Å². The van der Waals surface area contributed by atoms with Gasteiger partial charge in [-0.2, -0.15) is 0 Å². The molecule has 1 aliphatic rings. The van der Waals surface area contributed by atoms with E-state index in [-0.39, 0.29) is 5.91 Å². The lowest BCUT2D eigenvalue weighted by Crippen LogP contribution is -2.46. The van der Waals surface area contributed by atoms with E-state index in [0.29, 0.717) is 23.7 Å². The minimum atomic E-state index is -0.643. The lowest BCUT2D eigenvalue weighted by Gasteiger charge is -2.23. The van der Waals surface area contributed by atoms with E-state index in [2.05, 4.69) is 26.6 Å². The molecule has 1 aromatic rings. The number of nitrogen functional groups attached to an aromatic ring is 1. The number of amides is 2. The van der Waals surface area contributed by atoms with Crippen LogP contribution in [0.3, 0.4) is 0 Å². The maximum atomic E-state index is 12.6. The number of hydrogen-bond acceptors (Lipinski definition) is 4. The summed E-state index contributed by atoms with van der Waals surface area (Å²) in [7, 11) is 0. The average Bonchev–Trinajstić information content (AvgIpc) is 3.23. The van der Waals surface area contributed by atoms with E-state index in [1.807, 2.05) is 0 Å². The fraction of sp³-hybridized carbons (Fsp3) is 0.529. The van der Waals surface area contributed by atoms with Gasteiger partial charge < -0.3 is 21.1 Å². The van der Waals surface area contributed by atoms with Crippen LogP contribution in [0.25, 0.3) is 0 Å². The van der Waals surface area contributed by atoms with Crippen LogP contribution >= 0.6 is 15.9 Å². The molecule has 0 bridgehead atoms. The summed E-state index contributed by atoms with van der Waals surface area (Å²) in [5.74, 6) is 0.180. The van der Waals surface area contributed by atoms with Crippen LogP contribution in [0.1, 0.15) is 40.0 Å². The standard InChI is InChI=1S/C17H24BrN3O3/c1-17(2,3)24-16(23)21-14(8-10-4-5-10)15(22)20-13-7-6-11(18)9-12(13)19/h6-7,9-10,14H,4-5,8,19H2,1-3H3,(H,20,22)(H,21,23). The van der Waals surface area contributed by atoms with Crippen molar-refractivity contribution in [1.29, 1.82) is 0 Å². The summed E-state index contributed by atoms with van der Waals surface area (Å²) in [6.45, 7) is 5.35. The molecular formula is C17H24BrN3O3. The molecule has 1 saturated carbocycles. The zero-order chi connectivity index (χ0) is 17.9. The molecular weight excluding hydrogens is 374 g/mol. The molecule has 0 aliphatic heterocycles. The number of nitrogens with one attached hydrogen (secondary N) is 2. The molecule has 0 radical (unpaired) electrons. The van der Waals surface area contributed by atoms with Crippen LogP contribution in [0.2, 0.25) is 0 Å². The van der Waals surface area contributed by atoms with Crippen molar-refractivity contribution in [2.24, 2.45) is 5.92 Å². The van der Waals surface area contributed by atoms with Gasteiger partial charge in [-0.1, -0.05) is 28.8 Å². The average molecular weight is 398 g/mol. The number of carbonyl (C=O) groups is 2. The maximum absolute atomic E-state index is 12.6. The Morgan fingerprint density at radius 1 is 1.38 bits per heavy atom. The second kappa shape index (κ2) is 7.42. The first-order valence-electron chi connectivity index (χ1n) is 7.99. The van der Waals surface area contributed by atoms with Crippen molar-refractivity contribution >= 4 is 39.3 Å². The van der Waals surface area contributed by atoms with Gasteiger partial charge in [-0.25, -0.2) is 4.79 Å². The Hall–Kier alpha value is -1.76. The SMILES string of the molecule is CC(C)(C)OC(=O)NC(CC1CC1)C(=O)Nc1ccc(Br)cc1N. The zero-order valence-corrected chi connectivity index (χ0v) is 15.8. The highest BCUT2D eigenvalue weighted by molar-refractivity contribution is 9.10. The lowest BCUT2D eigenvalue weighted by atomic mass is 10.1. The normalized spacial score (nSPS) is 15.5. The van der Waals surface area contributed by atoms with Gasteiger partial charge in [0.25, 0.3) is 0 Å². The predicted molar refractivity (Wildman–Crippen MR) is 97.7 cm³/mol. The first kappa shape index (κ1) is 18.6. The highest BCUT2D eigenvalue weighted by atomic mass is 79.9. The Morgan fingerprint density at radius 3 is 2.58 bits per heavy atom. The van der Waals surface area contributed by atoms with Crippen molar-refractivity contribution < 1.29 is 14.3 Å². The van der Waals surface area contributed by atoms with Gasteiger partial charge >= 0.3 is 6.09 Å². The van der Waals surface area contributed by atoms with Crippen molar-refractivity contribution in [2.75, 3.05) is 11.1 Å².